The summed E-state index contributed by atoms with van der Waals surface area (Å²) in [4.78, 5) is 59.6. The van der Waals surface area contributed by atoms with E-state index in [0.717, 1.165) is 27.7 Å². The maximum absolute atomic E-state index is 12.9. The Balaban J connectivity index is 2.47. The van der Waals surface area contributed by atoms with Gasteiger partial charge in [-0.3, -0.25) is 24.0 Å². The van der Waals surface area contributed by atoms with Gasteiger partial charge in [0.25, 0.3) is 5.91 Å². The number of amides is 1. The van der Waals surface area contributed by atoms with Crippen molar-refractivity contribution in [3.05, 3.63) is 34.9 Å². The molecule has 5 atom stereocenters. The van der Waals surface area contributed by atoms with Gasteiger partial charge in [0.2, 0.25) is 6.29 Å². The predicted molar refractivity (Wildman–Crippen MR) is 111 cm³/mol. The molecule has 1 aromatic rings. The molecule has 1 heterocycles. The van der Waals surface area contributed by atoms with Gasteiger partial charge in [0.15, 0.2) is 12.2 Å². The predicted octanol–water partition coefficient (Wildman–Crippen LogP) is 1.15. The lowest BCUT2D eigenvalue weighted by Crippen LogP contribution is -2.67. The van der Waals surface area contributed by atoms with Crippen LogP contribution in [-0.2, 0) is 42.9 Å². The first-order chi connectivity index (χ1) is 15.5. The van der Waals surface area contributed by atoms with Gasteiger partial charge in [-0.2, -0.15) is 0 Å². The summed E-state index contributed by atoms with van der Waals surface area (Å²) in [7, 11) is 0. The zero-order valence-electron chi connectivity index (χ0n) is 18.4. The maximum Gasteiger partial charge on any atom is 0.305 e. The minimum atomic E-state index is -1.48. The van der Waals surface area contributed by atoms with E-state index in [0.29, 0.717) is 0 Å². The topological polar surface area (TPSA) is 144 Å². The number of hydrogen-bond donors (Lipinski definition) is 1. The highest BCUT2D eigenvalue weighted by Gasteiger charge is 2.52. The molecule has 1 amide bonds. The molecule has 0 bridgehead atoms. The van der Waals surface area contributed by atoms with E-state index in [4.69, 9.17) is 35.3 Å². The van der Waals surface area contributed by atoms with Crippen LogP contribution in [0.3, 0.4) is 0 Å². The molecule has 0 unspecified atom stereocenters. The number of benzene rings is 1. The highest BCUT2D eigenvalue weighted by atomic mass is 35.5. The molecular weight excluding hydrogens is 462 g/mol. The van der Waals surface area contributed by atoms with E-state index in [1.807, 2.05) is 0 Å². The number of carbonyl (C=O) groups excluding carboxylic acids is 5. The average molecular weight is 486 g/mol. The number of ether oxygens (including phenoxy) is 5. The van der Waals surface area contributed by atoms with E-state index < -0.39 is 67.0 Å². The summed E-state index contributed by atoms with van der Waals surface area (Å²) in [5.41, 5.74) is 0.0911. The average Bonchev–Trinajstić information content (AvgIpc) is 2.70. The van der Waals surface area contributed by atoms with E-state index in [2.05, 4.69) is 5.32 Å². The molecule has 1 saturated heterocycles. The van der Waals surface area contributed by atoms with Crippen LogP contribution in [0.15, 0.2) is 24.3 Å². The lowest BCUT2D eigenvalue weighted by Gasteiger charge is -2.44. The summed E-state index contributed by atoms with van der Waals surface area (Å²) in [6, 6.07) is 4.86. The highest BCUT2D eigenvalue weighted by Crippen LogP contribution is 2.28. The number of rotatable bonds is 7. The molecule has 33 heavy (non-hydrogen) atoms. The summed E-state index contributed by atoms with van der Waals surface area (Å²) in [6.45, 7) is 4.08. The molecule has 1 aromatic carbocycles. The minimum Gasteiger partial charge on any atom is -0.463 e. The smallest absolute Gasteiger partial charge is 0.305 e. The standard InChI is InChI=1S/C21H24ClNO10/c1-10(24)29-9-16-18(30-11(2)25)19(31-12(3)26)17(21(33-16)32-13(4)27)23-20(28)14-7-5-6-8-15(14)22/h5-8,16-19,21H,9H2,1-4H3,(H,23,28)/t16-,17-,18+,19+,21+/m0/s1. The van der Waals surface area contributed by atoms with Crippen LogP contribution in [0, 0.1) is 0 Å². The summed E-state index contributed by atoms with van der Waals surface area (Å²) < 4.78 is 26.5. The van der Waals surface area contributed by atoms with E-state index in [1.165, 1.54) is 12.1 Å². The molecule has 0 aliphatic carbocycles. The molecule has 1 N–H and O–H groups in total. The molecule has 1 aliphatic heterocycles. The van der Waals surface area contributed by atoms with Crippen molar-refractivity contribution in [2.75, 3.05) is 6.61 Å². The van der Waals surface area contributed by atoms with Crippen molar-refractivity contribution in [3.8, 4) is 0 Å². The number of nitrogens with one attached hydrogen (secondary N) is 1. The van der Waals surface area contributed by atoms with Crippen LogP contribution in [0.2, 0.25) is 5.02 Å². The van der Waals surface area contributed by atoms with Crippen molar-refractivity contribution in [2.24, 2.45) is 0 Å². The van der Waals surface area contributed by atoms with Crippen LogP contribution in [0.25, 0.3) is 0 Å². The quantitative estimate of drug-likeness (QED) is 0.441. The molecule has 0 aromatic heterocycles. The Bertz CT molecular complexity index is 920. The van der Waals surface area contributed by atoms with E-state index >= 15 is 0 Å². The molecule has 12 heteroatoms. The monoisotopic (exact) mass is 485 g/mol. The van der Waals surface area contributed by atoms with E-state index in [1.54, 1.807) is 12.1 Å². The number of esters is 4. The summed E-state index contributed by atoms with van der Waals surface area (Å²) in [5.74, 6) is -3.64. The summed E-state index contributed by atoms with van der Waals surface area (Å²) in [6.07, 6.45) is -5.34. The molecular formula is C21H24ClNO10. The second-order valence-electron chi connectivity index (χ2n) is 7.08. The Labute approximate surface area is 194 Å². The van der Waals surface area contributed by atoms with Gasteiger partial charge in [-0.15, -0.1) is 0 Å². The molecule has 11 nitrogen and oxygen atoms in total. The second kappa shape index (κ2) is 11.6. The zero-order valence-corrected chi connectivity index (χ0v) is 19.1. The molecule has 0 spiro atoms. The van der Waals surface area contributed by atoms with Crippen molar-refractivity contribution < 1.29 is 47.7 Å². The Morgan fingerprint density at radius 2 is 1.45 bits per heavy atom. The normalized spacial score (nSPS) is 24.2. The molecule has 180 valence electrons. The number of hydrogen-bond acceptors (Lipinski definition) is 10. The van der Waals surface area contributed by atoms with Crippen molar-refractivity contribution in [1.29, 1.82) is 0 Å². The van der Waals surface area contributed by atoms with Gasteiger partial charge in [-0.25, -0.2) is 0 Å². The minimum absolute atomic E-state index is 0.0911. The third kappa shape index (κ3) is 7.43. The first-order valence-electron chi connectivity index (χ1n) is 9.85. The Hall–Kier alpha value is -3.18. The van der Waals surface area contributed by atoms with Crippen LogP contribution >= 0.6 is 11.6 Å². The first kappa shape index (κ1) is 26.1. The summed E-state index contributed by atoms with van der Waals surface area (Å²) >= 11 is 6.09. The fourth-order valence-corrected chi connectivity index (χ4v) is 3.42. The Morgan fingerprint density at radius 1 is 0.879 bits per heavy atom. The van der Waals surface area contributed by atoms with E-state index in [9.17, 15) is 24.0 Å². The van der Waals surface area contributed by atoms with Crippen molar-refractivity contribution >= 4 is 41.4 Å². The fourth-order valence-electron chi connectivity index (χ4n) is 3.19. The van der Waals surface area contributed by atoms with Gasteiger partial charge in [-0.05, 0) is 12.1 Å². The SMILES string of the molecule is CC(=O)OC[C@@H]1O[C@@H](OC(C)=O)[C@@H](NC(=O)c2ccccc2Cl)[C@@H](OC(C)=O)[C@@H]1OC(C)=O. The second-order valence-corrected chi connectivity index (χ2v) is 7.49. The molecule has 0 saturated carbocycles. The van der Waals surface area contributed by atoms with Gasteiger partial charge < -0.3 is 29.0 Å². The van der Waals surface area contributed by atoms with Gasteiger partial charge in [0, 0.05) is 27.7 Å². The molecule has 1 aliphatic rings. The van der Waals surface area contributed by atoms with Crippen LogP contribution in [0.5, 0.6) is 0 Å². The first-order valence-corrected chi connectivity index (χ1v) is 10.2. The van der Waals surface area contributed by atoms with Crippen molar-refractivity contribution in [3.63, 3.8) is 0 Å². The van der Waals surface area contributed by atoms with Crippen LogP contribution in [0.1, 0.15) is 38.1 Å². The van der Waals surface area contributed by atoms with E-state index in [-0.39, 0.29) is 10.6 Å². The summed E-state index contributed by atoms with van der Waals surface area (Å²) in [5, 5.41) is 2.72. The van der Waals surface area contributed by atoms with Gasteiger partial charge in [0.05, 0.1) is 10.6 Å². The largest absolute Gasteiger partial charge is 0.463 e. The molecule has 1 fully saturated rings. The lowest BCUT2D eigenvalue weighted by atomic mass is 9.95. The van der Waals surface area contributed by atoms with Crippen molar-refractivity contribution in [1.82, 2.24) is 5.32 Å². The highest BCUT2D eigenvalue weighted by molar-refractivity contribution is 6.33. The third-order valence-electron chi connectivity index (χ3n) is 4.40. The number of halogens is 1. The van der Waals surface area contributed by atoms with Gasteiger partial charge in [0.1, 0.15) is 18.8 Å². The van der Waals surface area contributed by atoms with Gasteiger partial charge in [-0.1, -0.05) is 23.7 Å². The Kier molecular flexibility index (Phi) is 9.18. The van der Waals surface area contributed by atoms with Crippen molar-refractivity contribution in [2.45, 2.75) is 58.3 Å². The molecule has 0 radical (unpaired) electrons. The molecule has 2 rings (SSSR count). The van der Waals surface area contributed by atoms with Crippen LogP contribution in [-0.4, -0.2) is 67.0 Å². The van der Waals surface area contributed by atoms with Crippen LogP contribution < -0.4 is 5.32 Å². The van der Waals surface area contributed by atoms with Crippen LogP contribution in [0.4, 0.5) is 0 Å². The fraction of sp³-hybridized carbons (Fsp3) is 0.476. The Morgan fingerprint density at radius 3 is 2.00 bits per heavy atom. The third-order valence-corrected chi connectivity index (χ3v) is 4.73. The number of carbonyl (C=O) groups is 5. The van der Waals surface area contributed by atoms with Gasteiger partial charge >= 0.3 is 23.9 Å². The maximum atomic E-state index is 12.9. The lowest BCUT2D eigenvalue weighted by molar-refractivity contribution is -0.270. The zero-order chi connectivity index (χ0) is 24.7.